The van der Waals surface area contributed by atoms with E-state index >= 15 is 0 Å². The van der Waals surface area contributed by atoms with Gasteiger partial charge in [0.05, 0.1) is 18.2 Å². The highest BCUT2D eigenvalue weighted by atomic mass is 16.5. The first-order valence-corrected chi connectivity index (χ1v) is 6.94. The van der Waals surface area contributed by atoms with Gasteiger partial charge in [-0.2, -0.15) is 10.2 Å². The van der Waals surface area contributed by atoms with Crippen LogP contribution in [0.1, 0.15) is 25.3 Å². The number of carbonyl (C=O) groups excluding carboxylic acids is 1. The van der Waals surface area contributed by atoms with Gasteiger partial charge in [-0.05, 0) is 19.8 Å². The Hall–Kier alpha value is -2.49. The van der Waals surface area contributed by atoms with Crippen LogP contribution in [0, 0.1) is 17.2 Å². The third kappa shape index (κ3) is 3.16. The fraction of sp³-hybridized carbons (Fsp3) is 0.500. The van der Waals surface area contributed by atoms with E-state index in [1.54, 1.807) is 6.07 Å². The van der Waals surface area contributed by atoms with E-state index < -0.39 is 0 Å². The van der Waals surface area contributed by atoms with Gasteiger partial charge in [-0.25, -0.2) is 0 Å². The maximum absolute atomic E-state index is 11.4. The van der Waals surface area contributed by atoms with Gasteiger partial charge in [-0.3, -0.25) is 4.79 Å². The minimum absolute atomic E-state index is 0.187. The summed E-state index contributed by atoms with van der Waals surface area (Å²) in [6.07, 6.45) is 1.65. The van der Waals surface area contributed by atoms with Crippen molar-refractivity contribution in [3.05, 3.63) is 11.6 Å². The van der Waals surface area contributed by atoms with Crippen molar-refractivity contribution >= 4 is 17.4 Å². The van der Waals surface area contributed by atoms with Crippen LogP contribution in [0.2, 0.25) is 0 Å². The molecule has 0 radical (unpaired) electrons. The molecule has 0 spiro atoms. The zero-order valence-corrected chi connectivity index (χ0v) is 12.0. The molecule has 1 aromatic rings. The Morgan fingerprint density at radius 3 is 3.05 bits per heavy atom. The van der Waals surface area contributed by atoms with E-state index in [0.29, 0.717) is 24.7 Å². The molecule has 0 aliphatic carbocycles. The molecule has 7 nitrogen and oxygen atoms in total. The average Bonchev–Trinajstić information content (AvgIpc) is 2.47. The van der Waals surface area contributed by atoms with Gasteiger partial charge in [0.1, 0.15) is 17.5 Å². The summed E-state index contributed by atoms with van der Waals surface area (Å²) in [6.45, 7) is 3.50. The zero-order valence-electron chi connectivity index (χ0n) is 12.0. The number of amides is 1. The van der Waals surface area contributed by atoms with E-state index in [-0.39, 0.29) is 23.3 Å². The number of anilines is 2. The van der Waals surface area contributed by atoms with Gasteiger partial charge < -0.3 is 21.1 Å². The molecule has 2 heterocycles. The van der Waals surface area contributed by atoms with E-state index in [4.69, 9.17) is 21.5 Å². The van der Waals surface area contributed by atoms with Crippen LogP contribution < -0.4 is 21.1 Å². The lowest BCUT2D eigenvalue weighted by Gasteiger charge is -2.32. The van der Waals surface area contributed by atoms with Crippen molar-refractivity contribution in [2.45, 2.75) is 19.8 Å². The molecule has 1 aliphatic rings. The lowest BCUT2D eigenvalue weighted by atomic mass is 9.97. The molecule has 0 bridgehead atoms. The van der Waals surface area contributed by atoms with Gasteiger partial charge in [0.15, 0.2) is 0 Å². The summed E-state index contributed by atoms with van der Waals surface area (Å²) in [7, 11) is 0. The Labute approximate surface area is 123 Å². The highest BCUT2D eigenvalue weighted by Gasteiger charge is 2.26. The van der Waals surface area contributed by atoms with Crippen molar-refractivity contribution in [1.29, 1.82) is 5.26 Å². The Morgan fingerprint density at radius 2 is 2.43 bits per heavy atom. The number of primary amides is 1. The van der Waals surface area contributed by atoms with Crippen LogP contribution in [0.4, 0.5) is 11.5 Å². The highest BCUT2D eigenvalue weighted by molar-refractivity contribution is 5.77. The highest BCUT2D eigenvalue weighted by Crippen LogP contribution is 2.29. The summed E-state index contributed by atoms with van der Waals surface area (Å²) >= 11 is 0. The number of carbonyl (C=O) groups is 1. The normalized spacial score (nSPS) is 18.1. The fourth-order valence-corrected chi connectivity index (χ4v) is 2.46. The third-order valence-electron chi connectivity index (χ3n) is 3.54. The number of ether oxygens (including phenoxy) is 1. The minimum Gasteiger partial charge on any atom is -0.477 e. The first-order valence-electron chi connectivity index (χ1n) is 6.94. The van der Waals surface area contributed by atoms with Crippen molar-refractivity contribution in [3.8, 4) is 11.9 Å². The molecule has 1 unspecified atom stereocenters. The van der Waals surface area contributed by atoms with Crippen LogP contribution in [0.15, 0.2) is 6.07 Å². The number of hydrogen-bond acceptors (Lipinski definition) is 6. The number of rotatable bonds is 4. The molecule has 0 saturated carbocycles. The van der Waals surface area contributed by atoms with E-state index in [9.17, 15) is 4.79 Å². The number of nitriles is 1. The van der Waals surface area contributed by atoms with E-state index in [2.05, 4.69) is 4.98 Å². The second kappa shape index (κ2) is 6.31. The summed E-state index contributed by atoms with van der Waals surface area (Å²) in [6, 6.07) is 3.64. The molecule has 112 valence electrons. The molecule has 1 atom stereocenters. The van der Waals surface area contributed by atoms with E-state index in [1.165, 1.54) is 0 Å². The Kier molecular flexibility index (Phi) is 4.48. The van der Waals surface area contributed by atoms with Gasteiger partial charge in [-0.15, -0.1) is 0 Å². The number of pyridine rings is 1. The van der Waals surface area contributed by atoms with E-state index in [1.807, 2.05) is 17.9 Å². The number of aromatic nitrogens is 1. The Bertz CT molecular complexity index is 581. The molecule has 7 heteroatoms. The lowest BCUT2D eigenvalue weighted by molar-refractivity contribution is -0.122. The van der Waals surface area contributed by atoms with Crippen LogP contribution >= 0.6 is 0 Å². The molecule has 21 heavy (non-hydrogen) atoms. The molecular formula is C14H19N5O2. The molecule has 2 rings (SSSR count). The first kappa shape index (κ1) is 14.9. The molecular weight excluding hydrogens is 270 g/mol. The summed E-state index contributed by atoms with van der Waals surface area (Å²) in [5, 5.41) is 9.12. The second-order valence-corrected chi connectivity index (χ2v) is 4.98. The van der Waals surface area contributed by atoms with Crippen molar-refractivity contribution in [3.63, 3.8) is 0 Å². The standard InChI is InChI=1S/C14H19N5O2/c1-2-21-14-10(7-15)11(16)6-12(18-14)19-5-3-4-9(8-19)13(17)20/h6,9H,2-5,8H2,1H3,(H2,16,18)(H2,17,20). The van der Waals surface area contributed by atoms with Crippen molar-refractivity contribution < 1.29 is 9.53 Å². The summed E-state index contributed by atoms with van der Waals surface area (Å²) in [5.74, 6) is 0.358. The third-order valence-corrected chi connectivity index (χ3v) is 3.54. The number of nitrogens with zero attached hydrogens (tertiary/aromatic N) is 3. The van der Waals surface area contributed by atoms with Crippen LogP contribution in [0.5, 0.6) is 5.88 Å². The molecule has 1 saturated heterocycles. The Morgan fingerprint density at radius 1 is 1.67 bits per heavy atom. The van der Waals surface area contributed by atoms with Crippen LogP contribution in [-0.2, 0) is 4.79 Å². The van der Waals surface area contributed by atoms with Gasteiger partial charge >= 0.3 is 0 Å². The smallest absolute Gasteiger partial charge is 0.235 e. The van der Waals surface area contributed by atoms with Gasteiger partial charge in [-0.1, -0.05) is 0 Å². The molecule has 4 N–H and O–H groups in total. The summed E-state index contributed by atoms with van der Waals surface area (Å²) in [5.41, 5.74) is 11.9. The average molecular weight is 289 g/mol. The fourth-order valence-electron chi connectivity index (χ4n) is 2.46. The van der Waals surface area contributed by atoms with Crippen molar-refractivity contribution in [2.24, 2.45) is 11.7 Å². The summed E-state index contributed by atoms with van der Waals surface area (Å²) < 4.78 is 5.38. The van der Waals surface area contributed by atoms with Crippen molar-refractivity contribution in [2.75, 3.05) is 30.3 Å². The van der Waals surface area contributed by atoms with Crippen molar-refractivity contribution in [1.82, 2.24) is 4.98 Å². The molecule has 1 fully saturated rings. The number of piperidine rings is 1. The zero-order chi connectivity index (χ0) is 15.4. The lowest BCUT2D eigenvalue weighted by Crippen LogP contribution is -2.41. The number of nitrogens with two attached hydrogens (primary N) is 2. The largest absolute Gasteiger partial charge is 0.477 e. The second-order valence-electron chi connectivity index (χ2n) is 4.98. The molecule has 0 aromatic carbocycles. The first-order chi connectivity index (χ1) is 10.1. The van der Waals surface area contributed by atoms with Gasteiger partial charge in [0.25, 0.3) is 0 Å². The van der Waals surface area contributed by atoms with Gasteiger partial charge in [0.2, 0.25) is 11.8 Å². The molecule has 1 aromatic heterocycles. The maximum atomic E-state index is 11.4. The summed E-state index contributed by atoms with van der Waals surface area (Å²) in [4.78, 5) is 17.7. The SMILES string of the molecule is CCOc1nc(N2CCCC(C(N)=O)C2)cc(N)c1C#N. The van der Waals surface area contributed by atoms with E-state index in [0.717, 1.165) is 19.4 Å². The monoisotopic (exact) mass is 289 g/mol. The predicted molar refractivity (Wildman–Crippen MR) is 78.7 cm³/mol. The number of nitrogen functional groups attached to an aromatic ring is 1. The quantitative estimate of drug-likeness (QED) is 0.839. The predicted octanol–water partition coefficient (Wildman–Crippen LogP) is 0.636. The molecule has 1 aliphatic heterocycles. The molecule has 1 amide bonds. The maximum Gasteiger partial charge on any atom is 0.235 e. The van der Waals surface area contributed by atoms with Crippen LogP contribution in [0.3, 0.4) is 0 Å². The van der Waals surface area contributed by atoms with Gasteiger partial charge in [0, 0.05) is 19.2 Å². The Balaban J connectivity index is 2.31. The topological polar surface area (TPSA) is 118 Å². The number of hydrogen-bond donors (Lipinski definition) is 2. The minimum atomic E-state index is -0.300. The van der Waals surface area contributed by atoms with Crippen LogP contribution in [0.25, 0.3) is 0 Å². The van der Waals surface area contributed by atoms with Crippen LogP contribution in [-0.4, -0.2) is 30.6 Å².